The molecule has 140 valence electrons. The van der Waals surface area contributed by atoms with Crippen LogP contribution in [0.2, 0.25) is 0 Å². The Labute approximate surface area is 163 Å². The van der Waals surface area contributed by atoms with E-state index in [4.69, 9.17) is 4.98 Å². The number of aryl methyl sites for hydroxylation is 1. The molecule has 3 heterocycles. The number of hydrogen-bond acceptors (Lipinski definition) is 3. The van der Waals surface area contributed by atoms with Crippen molar-refractivity contribution in [3.63, 3.8) is 0 Å². The van der Waals surface area contributed by atoms with Crippen molar-refractivity contribution in [1.82, 2.24) is 19.9 Å². The van der Waals surface area contributed by atoms with Crippen LogP contribution in [0, 0.1) is 6.92 Å². The fourth-order valence-electron chi connectivity index (χ4n) is 4.10. The second-order valence-corrected chi connectivity index (χ2v) is 7.48. The van der Waals surface area contributed by atoms with Gasteiger partial charge in [-0.05, 0) is 24.5 Å². The second-order valence-electron chi connectivity index (χ2n) is 7.48. The fraction of sp³-hybridized carbons (Fsp3) is 0.217. The standard InChI is InChI=1S/C23H22N4O/c1-15-6-5-9-18-17(12-24-21(15)18)13-27-11-10-19-20(14-27)25-22(26-23(19)28)16-7-3-2-4-8-16/h2-9,12,24H,10-11,13-14H2,1H3,(H,25,26,28). The first-order valence-corrected chi connectivity index (χ1v) is 9.64. The van der Waals surface area contributed by atoms with Crippen molar-refractivity contribution in [2.45, 2.75) is 26.4 Å². The average Bonchev–Trinajstić information content (AvgIpc) is 3.12. The lowest BCUT2D eigenvalue weighted by Gasteiger charge is -2.27. The normalized spacial score (nSPS) is 14.3. The molecule has 5 heteroatoms. The molecule has 2 aromatic heterocycles. The lowest BCUT2D eigenvalue weighted by atomic mass is 10.0. The number of nitrogens with zero attached hydrogens (tertiary/aromatic N) is 2. The van der Waals surface area contributed by atoms with Gasteiger partial charge in [0.15, 0.2) is 0 Å². The second kappa shape index (κ2) is 6.77. The minimum absolute atomic E-state index is 0.00813. The number of rotatable bonds is 3. The predicted molar refractivity (Wildman–Crippen MR) is 111 cm³/mol. The van der Waals surface area contributed by atoms with Crippen LogP contribution in [0.15, 0.2) is 59.5 Å². The summed E-state index contributed by atoms with van der Waals surface area (Å²) in [7, 11) is 0. The number of para-hydroxylation sites is 1. The van der Waals surface area contributed by atoms with Crippen LogP contribution in [0.1, 0.15) is 22.4 Å². The summed E-state index contributed by atoms with van der Waals surface area (Å²) in [5.74, 6) is 0.647. The van der Waals surface area contributed by atoms with Gasteiger partial charge in [0.2, 0.25) is 0 Å². The van der Waals surface area contributed by atoms with Crippen molar-refractivity contribution in [3.05, 3.63) is 87.5 Å². The topological polar surface area (TPSA) is 64.8 Å². The van der Waals surface area contributed by atoms with E-state index in [1.807, 2.05) is 30.3 Å². The maximum Gasteiger partial charge on any atom is 0.254 e. The highest BCUT2D eigenvalue weighted by atomic mass is 16.1. The molecule has 5 rings (SSSR count). The van der Waals surface area contributed by atoms with Gasteiger partial charge in [-0.15, -0.1) is 0 Å². The highest BCUT2D eigenvalue weighted by molar-refractivity contribution is 5.85. The minimum atomic E-state index is -0.00813. The van der Waals surface area contributed by atoms with Crippen LogP contribution < -0.4 is 5.56 Å². The molecule has 4 aromatic rings. The van der Waals surface area contributed by atoms with E-state index >= 15 is 0 Å². The molecule has 0 unspecified atom stereocenters. The third-order valence-electron chi connectivity index (χ3n) is 5.60. The van der Waals surface area contributed by atoms with E-state index in [1.54, 1.807) is 0 Å². The Hall–Kier alpha value is -3.18. The van der Waals surface area contributed by atoms with Crippen LogP contribution in [-0.2, 0) is 19.5 Å². The molecule has 28 heavy (non-hydrogen) atoms. The molecule has 2 aromatic carbocycles. The molecule has 0 bridgehead atoms. The van der Waals surface area contributed by atoms with Crippen molar-refractivity contribution < 1.29 is 0 Å². The molecule has 0 saturated heterocycles. The summed E-state index contributed by atoms with van der Waals surface area (Å²) in [4.78, 5) is 26.1. The fourth-order valence-corrected chi connectivity index (χ4v) is 4.10. The molecule has 1 aliphatic heterocycles. The van der Waals surface area contributed by atoms with Crippen LogP contribution in [0.3, 0.4) is 0 Å². The van der Waals surface area contributed by atoms with Crippen LogP contribution in [0.25, 0.3) is 22.3 Å². The molecule has 1 aliphatic rings. The Morgan fingerprint density at radius 2 is 1.96 bits per heavy atom. The Morgan fingerprint density at radius 1 is 1.11 bits per heavy atom. The number of nitrogens with one attached hydrogen (secondary N) is 2. The van der Waals surface area contributed by atoms with Gasteiger partial charge in [-0.1, -0.05) is 48.5 Å². The van der Waals surface area contributed by atoms with E-state index in [9.17, 15) is 4.79 Å². The molecular weight excluding hydrogens is 348 g/mol. The Kier molecular flexibility index (Phi) is 4.10. The number of hydrogen-bond donors (Lipinski definition) is 2. The third-order valence-corrected chi connectivity index (χ3v) is 5.60. The first kappa shape index (κ1) is 17.0. The van der Waals surface area contributed by atoms with Crippen LogP contribution in [-0.4, -0.2) is 26.4 Å². The Balaban J connectivity index is 1.45. The predicted octanol–water partition coefficient (Wildman–Crippen LogP) is 3.78. The van der Waals surface area contributed by atoms with Crippen LogP contribution in [0.4, 0.5) is 0 Å². The van der Waals surface area contributed by atoms with Crippen molar-refractivity contribution in [2.24, 2.45) is 0 Å². The molecule has 5 nitrogen and oxygen atoms in total. The van der Waals surface area contributed by atoms with Crippen molar-refractivity contribution in [1.29, 1.82) is 0 Å². The summed E-state index contributed by atoms with van der Waals surface area (Å²) in [6.45, 7) is 4.53. The lowest BCUT2D eigenvalue weighted by Crippen LogP contribution is -2.35. The van der Waals surface area contributed by atoms with E-state index in [1.165, 1.54) is 22.0 Å². The number of aromatic nitrogens is 3. The number of H-pyrrole nitrogens is 2. The first-order chi connectivity index (χ1) is 13.7. The van der Waals surface area contributed by atoms with Gasteiger partial charge in [0.05, 0.1) is 5.69 Å². The van der Waals surface area contributed by atoms with Gasteiger partial charge in [-0.2, -0.15) is 0 Å². The van der Waals surface area contributed by atoms with E-state index in [0.717, 1.165) is 36.3 Å². The molecular formula is C23H22N4O. The zero-order valence-electron chi connectivity index (χ0n) is 15.8. The smallest absolute Gasteiger partial charge is 0.254 e. The highest BCUT2D eigenvalue weighted by Gasteiger charge is 2.22. The monoisotopic (exact) mass is 370 g/mol. The quantitative estimate of drug-likeness (QED) is 0.577. The zero-order valence-corrected chi connectivity index (χ0v) is 15.8. The molecule has 0 atom stereocenters. The highest BCUT2D eigenvalue weighted by Crippen LogP contribution is 2.25. The third kappa shape index (κ3) is 2.94. The maximum atomic E-state index is 12.6. The van der Waals surface area contributed by atoms with Gasteiger partial charge in [-0.25, -0.2) is 4.98 Å². The van der Waals surface area contributed by atoms with Gasteiger partial charge >= 0.3 is 0 Å². The summed E-state index contributed by atoms with van der Waals surface area (Å²) in [6, 6.07) is 16.2. The molecule has 0 fully saturated rings. The van der Waals surface area contributed by atoms with Crippen molar-refractivity contribution >= 4 is 10.9 Å². The molecule has 2 N–H and O–H groups in total. The number of aromatic amines is 2. The summed E-state index contributed by atoms with van der Waals surface area (Å²) in [5, 5.41) is 1.27. The van der Waals surface area contributed by atoms with Crippen LogP contribution >= 0.6 is 0 Å². The van der Waals surface area contributed by atoms with Gasteiger partial charge in [0.1, 0.15) is 5.82 Å². The molecule has 0 amide bonds. The van der Waals surface area contributed by atoms with Crippen LogP contribution in [0.5, 0.6) is 0 Å². The van der Waals surface area contributed by atoms with Gasteiger partial charge in [0.25, 0.3) is 5.56 Å². The molecule has 0 spiro atoms. The van der Waals surface area contributed by atoms with Crippen molar-refractivity contribution in [3.8, 4) is 11.4 Å². The van der Waals surface area contributed by atoms with E-state index in [-0.39, 0.29) is 5.56 Å². The van der Waals surface area contributed by atoms with Gasteiger partial charge in [0, 0.05) is 47.9 Å². The summed E-state index contributed by atoms with van der Waals surface area (Å²) in [6.07, 6.45) is 2.84. The maximum absolute atomic E-state index is 12.6. The minimum Gasteiger partial charge on any atom is -0.361 e. The summed E-state index contributed by atoms with van der Waals surface area (Å²) < 4.78 is 0. The SMILES string of the molecule is Cc1cccc2c(CN3CCc4c(nc(-c5ccccc5)[nH]c4=O)C3)c[nH]c12. The van der Waals surface area contributed by atoms with E-state index in [2.05, 4.69) is 46.2 Å². The summed E-state index contributed by atoms with van der Waals surface area (Å²) in [5.41, 5.74) is 6.40. The summed E-state index contributed by atoms with van der Waals surface area (Å²) >= 11 is 0. The van der Waals surface area contributed by atoms with Gasteiger partial charge in [-0.3, -0.25) is 9.69 Å². The largest absolute Gasteiger partial charge is 0.361 e. The number of benzene rings is 2. The first-order valence-electron chi connectivity index (χ1n) is 9.64. The molecule has 0 radical (unpaired) electrons. The molecule has 0 saturated carbocycles. The average molecular weight is 370 g/mol. The van der Waals surface area contributed by atoms with E-state index < -0.39 is 0 Å². The van der Waals surface area contributed by atoms with Gasteiger partial charge < -0.3 is 9.97 Å². The van der Waals surface area contributed by atoms with Crippen molar-refractivity contribution in [2.75, 3.05) is 6.54 Å². The zero-order chi connectivity index (χ0) is 19.1. The number of fused-ring (bicyclic) bond motifs is 2. The lowest BCUT2D eigenvalue weighted by molar-refractivity contribution is 0.241. The Morgan fingerprint density at radius 3 is 2.82 bits per heavy atom. The van der Waals surface area contributed by atoms with E-state index in [0.29, 0.717) is 12.4 Å². The Bertz CT molecular complexity index is 1210. The molecule has 0 aliphatic carbocycles.